The summed E-state index contributed by atoms with van der Waals surface area (Å²) in [7, 11) is 0. The van der Waals surface area contributed by atoms with Gasteiger partial charge in [-0.25, -0.2) is 0 Å². The summed E-state index contributed by atoms with van der Waals surface area (Å²) in [5.41, 5.74) is 0. The topological polar surface area (TPSA) is 32.3 Å². The second-order valence-corrected chi connectivity index (χ2v) is 3.13. The highest BCUT2D eigenvalue weighted by atomic mass is 16.3. The normalized spacial score (nSPS) is 16.4. The predicted octanol–water partition coefficient (Wildman–Crippen LogP) is 1.39. The molecule has 0 fully saturated rings. The van der Waals surface area contributed by atoms with Crippen LogP contribution in [0.5, 0.6) is 0 Å². The average Bonchev–Trinajstić information content (AvgIpc) is 2.05. The number of aliphatic hydroxyl groups is 1. The van der Waals surface area contributed by atoms with Gasteiger partial charge in [0.15, 0.2) is 0 Å². The molecule has 0 amide bonds. The van der Waals surface area contributed by atoms with Crippen LogP contribution in [0, 0.1) is 5.92 Å². The van der Waals surface area contributed by atoms with Crippen molar-refractivity contribution in [2.75, 3.05) is 13.2 Å². The van der Waals surface area contributed by atoms with Gasteiger partial charge in [0, 0.05) is 12.6 Å². The van der Waals surface area contributed by atoms with Crippen LogP contribution in [0.2, 0.25) is 0 Å². The highest BCUT2D eigenvalue weighted by Crippen LogP contribution is 2.05. The molecule has 2 nitrogen and oxygen atoms in total. The molecule has 0 aromatic rings. The average molecular weight is 159 g/mol. The van der Waals surface area contributed by atoms with Crippen molar-refractivity contribution >= 4 is 0 Å². The Balaban J connectivity index is 3.56. The summed E-state index contributed by atoms with van der Waals surface area (Å²) >= 11 is 0. The van der Waals surface area contributed by atoms with Crippen LogP contribution in [0.25, 0.3) is 0 Å². The molecule has 0 bridgehead atoms. The Bertz CT molecular complexity index is 85.6. The van der Waals surface area contributed by atoms with Crippen molar-refractivity contribution in [3.05, 3.63) is 0 Å². The Labute approximate surface area is 70.0 Å². The Morgan fingerprint density at radius 3 is 2.36 bits per heavy atom. The first-order valence-electron chi connectivity index (χ1n) is 4.60. The van der Waals surface area contributed by atoms with E-state index < -0.39 is 0 Å². The number of hydrogen-bond donors (Lipinski definition) is 2. The Morgan fingerprint density at radius 2 is 2.00 bits per heavy atom. The number of hydrogen-bond acceptors (Lipinski definition) is 2. The first-order valence-corrected chi connectivity index (χ1v) is 4.60. The van der Waals surface area contributed by atoms with E-state index in [1.54, 1.807) is 0 Å². The van der Waals surface area contributed by atoms with Crippen LogP contribution in [0.3, 0.4) is 0 Å². The molecule has 2 heteroatoms. The van der Waals surface area contributed by atoms with E-state index in [4.69, 9.17) is 5.11 Å². The van der Waals surface area contributed by atoms with Gasteiger partial charge in [0.2, 0.25) is 0 Å². The fraction of sp³-hybridized carbons (Fsp3) is 1.00. The third-order valence-corrected chi connectivity index (χ3v) is 2.07. The van der Waals surface area contributed by atoms with Gasteiger partial charge in [-0.3, -0.25) is 0 Å². The van der Waals surface area contributed by atoms with Crippen LogP contribution in [0.15, 0.2) is 0 Å². The van der Waals surface area contributed by atoms with Crippen LogP contribution < -0.4 is 5.32 Å². The van der Waals surface area contributed by atoms with Gasteiger partial charge in [-0.1, -0.05) is 20.8 Å². The van der Waals surface area contributed by atoms with E-state index in [0.29, 0.717) is 12.0 Å². The summed E-state index contributed by atoms with van der Waals surface area (Å²) in [6, 6.07) is 0.486. The summed E-state index contributed by atoms with van der Waals surface area (Å²) in [4.78, 5) is 0. The van der Waals surface area contributed by atoms with E-state index in [0.717, 1.165) is 19.4 Å². The molecule has 0 aromatic heterocycles. The van der Waals surface area contributed by atoms with Crippen molar-refractivity contribution in [3.63, 3.8) is 0 Å². The van der Waals surface area contributed by atoms with Crippen molar-refractivity contribution in [3.8, 4) is 0 Å². The van der Waals surface area contributed by atoms with Crippen LogP contribution in [0.1, 0.15) is 33.6 Å². The van der Waals surface area contributed by atoms with E-state index in [1.165, 1.54) is 0 Å². The Hall–Kier alpha value is -0.0800. The maximum atomic E-state index is 8.90. The van der Waals surface area contributed by atoms with Crippen molar-refractivity contribution in [2.45, 2.75) is 39.7 Å². The summed E-state index contributed by atoms with van der Waals surface area (Å²) < 4.78 is 0. The second kappa shape index (κ2) is 6.62. The Kier molecular flexibility index (Phi) is 6.57. The fourth-order valence-electron chi connectivity index (χ4n) is 1.20. The third-order valence-electron chi connectivity index (χ3n) is 2.07. The van der Waals surface area contributed by atoms with Gasteiger partial charge >= 0.3 is 0 Å². The maximum absolute atomic E-state index is 8.90. The van der Waals surface area contributed by atoms with Gasteiger partial charge < -0.3 is 10.4 Å². The SMILES string of the molecule is CCCNC(CC)C(C)CO. The van der Waals surface area contributed by atoms with Crippen molar-refractivity contribution in [1.82, 2.24) is 5.32 Å². The quantitative estimate of drug-likeness (QED) is 0.614. The first-order chi connectivity index (χ1) is 5.26. The van der Waals surface area contributed by atoms with Crippen LogP contribution in [-0.4, -0.2) is 24.3 Å². The van der Waals surface area contributed by atoms with Gasteiger partial charge in [0.1, 0.15) is 0 Å². The molecule has 2 N–H and O–H groups in total. The molecule has 2 atom stereocenters. The zero-order valence-corrected chi connectivity index (χ0v) is 7.93. The lowest BCUT2D eigenvalue weighted by molar-refractivity contribution is 0.199. The molecule has 0 aliphatic rings. The monoisotopic (exact) mass is 159 g/mol. The van der Waals surface area contributed by atoms with E-state index in [9.17, 15) is 0 Å². The molecule has 0 aliphatic carbocycles. The molecule has 0 radical (unpaired) electrons. The zero-order valence-electron chi connectivity index (χ0n) is 7.93. The summed E-state index contributed by atoms with van der Waals surface area (Å²) in [5, 5.41) is 12.3. The minimum atomic E-state index is 0.287. The molecule has 0 aromatic carbocycles. The van der Waals surface area contributed by atoms with E-state index >= 15 is 0 Å². The molecule has 0 saturated heterocycles. The minimum absolute atomic E-state index is 0.287. The van der Waals surface area contributed by atoms with Gasteiger partial charge in [-0.2, -0.15) is 0 Å². The number of aliphatic hydroxyl groups excluding tert-OH is 1. The molecule has 2 unspecified atom stereocenters. The molecule has 68 valence electrons. The molecule has 0 spiro atoms. The lowest BCUT2D eigenvalue weighted by Crippen LogP contribution is -2.36. The number of rotatable bonds is 6. The zero-order chi connectivity index (χ0) is 8.69. The maximum Gasteiger partial charge on any atom is 0.0471 e. The molecule has 0 rings (SSSR count). The van der Waals surface area contributed by atoms with Crippen molar-refractivity contribution in [2.24, 2.45) is 5.92 Å². The third kappa shape index (κ3) is 4.38. The Morgan fingerprint density at radius 1 is 1.36 bits per heavy atom. The minimum Gasteiger partial charge on any atom is -0.396 e. The van der Waals surface area contributed by atoms with Gasteiger partial charge in [-0.15, -0.1) is 0 Å². The number of nitrogens with one attached hydrogen (secondary N) is 1. The van der Waals surface area contributed by atoms with Crippen LogP contribution in [0.4, 0.5) is 0 Å². The highest BCUT2D eigenvalue weighted by molar-refractivity contribution is 4.70. The van der Waals surface area contributed by atoms with Crippen molar-refractivity contribution in [1.29, 1.82) is 0 Å². The lowest BCUT2D eigenvalue weighted by Gasteiger charge is -2.21. The summed E-state index contributed by atoms with van der Waals surface area (Å²) in [6.07, 6.45) is 2.26. The second-order valence-electron chi connectivity index (χ2n) is 3.13. The standard InChI is InChI=1S/C9H21NO/c1-4-6-10-9(5-2)8(3)7-11/h8-11H,4-7H2,1-3H3. The first kappa shape index (κ1) is 10.9. The predicted molar refractivity (Wildman–Crippen MR) is 48.6 cm³/mol. The summed E-state index contributed by atoms with van der Waals surface area (Å²) in [6.45, 7) is 7.73. The molecule has 0 saturated carbocycles. The lowest BCUT2D eigenvalue weighted by atomic mass is 10.0. The fourth-order valence-corrected chi connectivity index (χ4v) is 1.20. The molecule has 0 aliphatic heterocycles. The molecular formula is C9H21NO. The van der Waals surface area contributed by atoms with E-state index in [1.807, 2.05) is 0 Å². The van der Waals surface area contributed by atoms with Gasteiger partial charge in [0.05, 0.1) is 0 Å². The van der Waals surface area contributed by atoms with Crippen LogP contribution in [-0.2, 0) is 0 Å². The van der Waals surface area contributed by atoms with Gasteiger partial charge in [0.25, 0.3) is 0 Å². The van der Waals surface area contributed by atoms with E-state index in [-0.39, 0.29) is 6.61 Å². The van der Waals surface area contributed by atoms with Crippen molar-refractivity contribution < 1.29 is 5.11 Å². The largest absolute Gasteiger partial charge is 0.396 e. The summed E-state index contributed by atoms with van der Waals surface area (Å²) in [5.74, 6) is 0.381. The smallest absolute Gasteiger partial charge is 0.0471 e. The highest BCUT2D eigenvalue weighted by Gasteiger charge is 2.12. The molecular weight excluding hydrogens is 138 g/mol. The van der Waals surface area contributed by atoms with E-state index in [2.05, 4.69) is 26.1 Å². The van der Waals surface area contributed by atoms with Crippen LogP contribution >= 0.6 is 0 Å². The molecule has 0 heterocycles. The molecule has 11 heavy (non-hydrogen) atoms. The van der Waals surface area contributed by atoms with Gasteiger partial charge in [-0.05, 0) is 25.3 Å².